The van der Waals surface area contributed by atoms with Crippen molar-refractivity contribution in [2.75, 3.05) is 11.1 Å². The number of amides is 1. The zero-order valence-corrected chi connectivity index (χ0v) is 10.7. The molecule has 6 heteroatoms. The number of rotatable bonds is 3. The van der Waals surface area contributed by atoms with Crippen LogP contribution in [0.1, 0.15) is 16.6 Å². The van der Waals surface area contributed by atoms with Crippen molar-refractivity contribution in [1.29, 1.82) is 0 Å². The Morgan fingerprint density at radius 3 is 2.83 bits per heavy atom. The minimum atomic E-state index is -0.260. The second kappa shape index (κ2) is 5.05. The predicted molar refractivity (Wildman–Crippen MR) is 73.1 cm³/mol. The van der Waals surface area contributed by atoms with Gasteiger partial charge in [-0.25, -0.2) is 0 Å². The van der Waals surface area contributed by atoms with Gasteiger partial charge in [-0.1, -0.05) is 0 Å². The van der Waals surface area contributed by atoms with Crippen LogP contribution >= 0.6 is 11.3 Å². The molecule has 0 aromatic carbocycles. The van der Waals surface area contributed by atoms with Crippen LogP contribution < -0.4 is 16.6 Å². The highest BCUT2D eigenvalue weighted by molar-refractivity contribution is 7.12. The highest BCUT2D eigenvalue weighted by Crippen LogP contribution is 2.20. The standard InChI is InChI=1S/C12H13N3O2S/c1-2-15-7-8(3-4-10(15)16)14-12(17)11-9(13)5-6-18-11/h3-7H,2,13H2,1H3,(H,14,17). The van der Waals surface area contributed by atoms with E-state index in [-0.39, 0.29) is 11.5 Å². The van der Waals surface area contributed by atoms with E-state index in [0.717, 1.165) is 0 Å². The molecule has 0 fully saturated rings. The Morgan fingerprint density at radius 2 is 2.22 bits per heavy atom. The van der Waals surface area contributed by atoms with Crippen molar-refractivity contribution in [3.05, 3.63) is 45.0 Å². The molecule has 0 bridgehead atoms. The number of hydrogen-bond donors (Lipinski definition) is 2. The van der Waals surface area contributed by atoms with Crippen LogP contribution in [0.25, 0.3) is 0 Å². The topological polar surface area (TPSA) is 77.1 Å². The predicted octanol–water partition coefficient (Wildman–Crippen LogP) is 1.76. The Morgan fingerprint density at radius 1 is 1.44 bits per heavy atom. The summed E-state index contributed by atoms with van der Waals surface area (Å²) in [6.45, 7) is 2.42. The monoisotopic (exact) mass is 263 g/mol. The molecule has 0 aliphatic heterocycles. The zero-order valence-electron chi connectivity index (χ0n) is 9.84. The van der Waals surface area contributed by atoms with Gasteiger partial charge < -0.3 is 15.6 Å². The van der Waals surface area contributed by atoms with Crippen LogP contribution in [-0.2, 0) is 6.54 Å². The van der Waals surface area contributed by atoms with Crippen LogP contribution in [0, 0.1) is 0 Å². The first kappa shape index (κ1) is 12.4. The summed E-state index contributed by atoms with van der Waals surface area (Å²) in [6.07, 6.45) is 1.62. The van der Waals surface area contributed by atoms with Crippen molar-refractivity contribution in [2.45, 2.75) is 13.5 Å². The summed E-state index contributed by atoms with van der Waals surface area (Å²) in [5.41, 5.74) is 6.62. The maximum atomic E-state index is 11.9. The third kappa shape index (κ3) is 2.43. The summed E-state index contributed by atoms with van der Waals surface area (Å²) in [5.74, 6) is -0.260. The van der Waals surface area contributed by atoms with Crippen molar-refractivity contribution < 1.29 is 4.79 Å². The van der Waals surface area contributed by atoms with Gasteiger partial charge in [0.25, 0.3) is 11.5 Å². The second-order valence-electron chi connectivity index (χ2n) is 3.70. The van der Waals surface area contributed by atoms with Crippen LogP contribution in [0.3, 0.4) is 0 Å². The van der Waals surface area contributed by atoms with E-state index < -0.39 is 0 Å². The fourth-order valence-corrected chi connectivity index (χ4v) is 2.26. The van der Waals surface area contributed by atoms with E-state index in [4.69, 9.17) is 5.73 Å². The summed E-state index contributed by atoms with van der Waals surface area (Å²) in [6, 6.07) is 4.69. The quantitative estimate of drug-likeness (QED) is 0.885. The number of nitrogens with two attached hydrogens (primary N) is 1. The van der Waals surface area contributed by atoms with Gasteiger partial charge in [-0.3, -0.25) is 9.59 Å². The van der Waals surface area contributed by atoms with Crippen LogP contribution in [0.2, 0.25) is 0 Å². The van der Waals surface area contributed by atoms with Gasteiger partial charge in [0.2, 0.25) is 0 Å². The molecule has 3 N–H and O–H groups in total. The van der Waals surface area contributed by atoms with Crippen LogP contribution in [0.5, 0.6) is 0 Å². The number of nitrogens with one attached hydrogen (secondary N) is 1. The lowest BCUT2D eigenvalue weighted by Gasteiger charge is -2.07. The largest absolute Gasteiger partial charge is 0.397 e. The number of hydrogen-bond acceptors (Lipinski definition) is 4. The lowest BCUT2D eigenvalue weighted by Crippen LogP contribution is -2.19. The lowest BCUT2D eigenvalue weighted by molar-refractivity contribution is 0.103. The molecule has 94 valence electrons. The number of anilines is 2. The molecule has 5 nitrogen and oxygen atoms in total. The molecule has 0 aliphatic carbocycles. The lowest BCUT2D eigenvalue weighted by atomic mass is 10.3. The van der Waals surface area contributed by atoms with Crippen LogP contribution in [0.4, 0.5) is 11.4 Å². The van der Waals surface area contributed by atoms with Gasteiger partial charge in [0, 0.05) is 18.8 Å². The molecule has 2 aromatic rings. The Balaban J connectivity index is 2.22. The van der Waals surface area contributed by atoms with Crippen molar-refractivity contribution in [3.63, 3.8) is 0 Å². The molecule has 1 amide bonds. The zero-order chi connectivity index (χ0) is 13.1. The smallest absolute Gasteiger partial charge is 0.267 e. The van der Waals surface area contributed by atoms with E-state index in [1.165, 1.54) is 22.0 Å². The van der Waals surface area contributed by atoms with Crippen molar-refractivity contribution >= 4 is 28.6 Å². The Bertz CT molecular complexity index is 630. The van der Waals surface area contributed by atoms with Gasteiger partial charge in [0.05, 0.1) is 11.4 Å². The first-order valence-corrected chi connectivity index (χ1v) is 6.34. The molecule has 0 saturated heterocycles. The molecular formula is C12H13N3O2S. The highest BCUT2D eigenvalue weighted by atomic mass is 32.1. The SMILES string of the molecule is CCn1cc(NC(=O)c2sccc2N)ccc1=O. The first-order valence-electron chi connectivity index (χ1n) is 5.46. The van der Waals surface area contributed by atoms with E-state index >= 15 is 0 Å². The Hall–Kier alpha value is -2.08. The number of aromatic nitrogens is 1. The number of nitrogens with zero attached hydrogens (tertiary/aromatic N) is 1. The fourth-order valence-electron chi connectivity index (χ4n) is 1.54. The fraction of sp³-hybridized carbons (Fsp3) is 0.167. The summed E-state index contributed by atoms with van der Waals surface area (Å²) in [5, 5.41) is 4.48. The molecule has 2 aromatic heterocycles. The summed E-state index contributed by atoms with van der Waals surface area (Å²) in [7, 11) is 0. The minimum Gasteiger partial charge on any atom is -0.397 e. The maximum absolute atomic E-state index is 11.9. The normalized spacial score (nSPS) is 10.3. The molecule has 0 unspecified atom stereocenters. The van der Waals surface area contributed by atoms with Gasteiger partial charge in [0.1, 0.15) is 4.88 Å². The highest BCUT2D eigenvalue weighted by Gasteiger charge is 2.11. The van der Waals surface area contributed by atoms with Crippen molar-refractivity contribution in [1.82, 2.24) is 4.57 Å². The average molecular weight is 263 g/mol. The average Bonchev–Trinajstić information content (AvgIpc) is 2.78. The van der Waals surface area contributed by atoms with Crippen LogP contribution in [-0.4, -0.2) is 10.5 Å². The molecule has 0 saturated carbocycles. The number of carbonyl (C=O) groups excluding carboxylic acids is 1. The van der Waals surface area contributed by atoms with Gasteiger partial charge in [-0.05, 0) is 24.4 Å². The number of thiophene rings is 1. The van der Waals surface area contributed by atoms with E-state index in [2.05, 4.69) is 5.32 Å². The van der Waals surface area contributed by atoms with Gasteiger partial charge >= 0.3 is 0 Å². The number of nitrogen functional groups attached to an aromatic ring is 1. The van der Waals surface area contributed by atoms with Gasteiger partial charge in [-0.15, -0.1) is 11.3 Å². The summed E-state index contributed by atoms with van der Waals surface area (Å²) in [4.78, 5) is 23.8. The molecule has 0 radical (unpaired) electrons. The summed E-state index contributed by atoms with van der Waals surface area (Å²) < 4.78 is 1.52. The molecular weight excluding hydrogens is 250 g/mol. The Kier molecular flexibility index (Phi) is 3.47. The minimum absolute atomic E-state index is 0.0915. The molecule has 2 heterocycles. The van der Waals surface area contributed by atoms with Gasteiger partial charge in [-0.2, -0.15) is 0 Å². The number of carbonyl (C=O) groups is 1. The third-order valence-corrected chi connectivity index (χ3v) is 3.41. The molecule has 0 spiro atoms. The molecule has 18 heavy (non-hydrogen) atoms. The molecule has 0 atom stereocenters. The number of aryl methyl sites for hydroxylation is 1. The first-order chi connectivity index (χ1) is 8.61. The Labute approximate surface area is 108 Å². The van der Waals surface area contributed by atoms with E-state index in [1.54, 1.807) is 23.7 Å². The number of pyridine rings is 1. The van der Waals surface area contributed by atoms with Gasteiger partial charge in [0.15, 0.2) is 0 Å². The molecule has 2 rings (SSSR count). The van der Waals surface area contributed by atoms with E-state index in [9.17, 15) is 9.59 Å². The van der Waals surface area contributed by atoms with Crippen molar-refractivity contribution in [3.8, 4) is 0 Å². The van der Waals surface area contributed by atoms with E-state index in [0.29, 0.717) is 22.8 Å². The van der Waals surface area contributed by atoms with E-state index in [1.807, 2.05) is 6.92 Å². The second-order valence-corrected chi connectivity index (χ2v) is 4.62. The van der Waals surface area contributed by atoms with Crippen molar-refractivity contribution in [2.24, 2.45) is 0 Å². The van der Waals surface area contributed by atoms with Crippen LogP contribution in [0.15, 0.2) is 34.6 Å². The summed E-state index contributed by atoms with van der Waals surface area (Å²) >= 11 is 1.28. The maximum Gasteiger partial charge on any atom is 0.267 e. The molecule has 0 aliphatic rings. The third-order valence-electron chi connectivity index (χ3n) is 2.48.